The second-order valence-electron chi connectivity index (χ2n) is 6.25. The molecular formula is C20H27NO3. The topological polar surface area (TPSA) is 38.8 Å². The predicted octanol–water partition coefficient (Wildman–Crippen LogP) is 2.72. The second-order valence-corrected chi connectivity index (χ2v) is 6.25. The lowest BCUT2D eigenvalue weighted by Gasteiger charge is -2.42. The number of likely N-dealkylation sites (tertiary alicyclic amines) is 1. The van der Waals surface area contributed by atoms with Gasteiger partial charge in [0.25, 0.3) is 0 Å². The van der Waals surface area contributed by atoms with E-state index in [0.29, 0.717) is 0 Å². The molecule has 0 N–H and O–H groups in total. The second kappa shape index (κ2) is 8.86. The van der Waals surface area contributed by atoms with Crippen molar-refractivity contribution in [3.8, 4) is 11.8 Å². The Labute approximate surface area is 145 Å². The van der Waals surface area contributed by atoms with E-state index in [1.807, 2.05) is 37.3 Å². The van der Waals surface area contributed by atoms with Gasteiger partial charge in [0, 0.05) is 51.1 Å². The number of carbonyl (C=O) groups is 1. The summed E-state index contributed by atoms with van der Waals surface area (Å²) in [6.07, 6.45) is 0.722. The van der Waals surface area contributed by atoms with E-state index >= 15 is 0 Å². The number of benzene rings is 1. The monoisotopic (exact) mass is 329 g/mol. The third kappa shape index (κ3) is 5.09. The molecule has 2 rings (SSSR count). The highest BCUT2D eigenvalue weighted by atomic mass is 16.6. The number of rotatable bonds is 5. The van der Waals surface area contributed by atoms with E-state index in [9.17, 15) is 4.79 Å². The Morgan fingerprint density at radius 1 is 1.38 bits per heavy atom. The minimum atomic E-state index is -0.705. The lowest BCUT2D eigenvalue weighted by atomic mass is 9.82. The van der Waals surface area contributed by atoms with E-state index in [2.05, 4.69) is 23.7 Å². The Morgan fingerprint density at radius 2 is 2.12 bits per heavy atom. The molecule has 4 heteroatoms. The minimum absolute atomic E-state index is 0.146. The number of nitrogens with zero attached hydrogens (tertiary/aromatic N) is 1. The molecule has 0 amide bonds. The van der Waals surface area contributed by atoms with Crippen molar-refractivity contribution < 1.29 is 14.3 Å². The standard InChI is InChI=1S/C20H27NO3/c1-4-23-15-14-21-13-12-20(17(2)16-21,24-18(3)22)11-10-19-8-6-5-7-9-19/h5-9,17H,4,12-16H2,1-3H3/t17-,20-/m0/s1. The van der Waals surface area contributed by atoms with Crippen LogP contribution >= 0.6 is 0 Å². The lowest BCUT2D eigenvalue weighted by Crippen LogP contribution is -2.52. The summed E-state index contributed by atoms with van der Waals surface area (Å²) in [6.45, 7) is 9.65. The molecule has 0 spiro atoms. The van der Waals surface area contributed by atoms with Crippen LogP contribution in [0, 0.1) is 17.8 Å². The highest BCUT2D eigenvalue weighted by Gasteiger charge is 2.42. The van der Waals surface area contributed by atoms with E-state index in [0.717, 1.165) is 44.8 Å². The summed E-state index contributed by atoms with van der Waals surface area (Å²) in [7, 11) is 0. The van der Waals surface area contributed by atoms with Crippen LogP contribution < -0.4 is 0 Å². The van der Waals surface area contributed by atoms with Gasteiger partial charge in [-0.05, 0) is 25.0 Å². The van der Waals surface area contributed by atoms with Gasteiger partial charge in [0.15, 0.2) is 5.60 Å². The van der Waals surface area contributed by atoms with Crippen molar-refractivity contribution in [3.05, 3.63) is 35.9 Å². The van der Waals surface area contributed by atoms with E-state index in [-0.39, 0.29) is 11.9 Å². The maximum atomic E-state index is 11.6. The maximum Gasteiger partial charge on any atom is 0.304 e. The summed E-state index contributed by atoms with van der Waals surface area (Å²) in [5, 5.41) is 0. The van der Waals surface area contributed by atoms with Crippen LogP contribution in [0.2, 0.25) is 0 Å². The van der Waals surface area contributed by atoms with Crippen LogP contribution in [0.25, 0.3) is 0 Å². The number of ether oxygens (including phenoxy) is 2. The van der Waals surface area contributed by atoms with Crippen LogP contribution in [-0.2, 0) is 14.3 Å². The van der Waals surface area contributed by atoms with Crippen molar-refractivity contribution in [3.63, 3.8) is 0 Å². The molecule has 0 aliphatic carbocycles. The Balaban J connectivity index is 2.11. The van der Waals surface area contributed by atoms with Gasteiger partial charge in [-0.1, -0.05) is 31.0 Å². The van der Waals surface area contributed by atoms with E-state index < -0.39 is 5.60 Å². The molecule has 24 heavy (non-hydrogen) atoms. The largest absolute Gasteiger partial charge is 0.446 e. The van der Waals surface area contributed by atoms with Gasteiger partial charge in [-0.15, -0.1) is 0 Å². The molecule has 130 valence electrons. The summed E-state index contributed by atoms with van der Waals surface area (Å²) in [5.74, 6) is 6.33. The Kier molecular flexibility index (Phi) is 6.84. The molecule has 1 heterocycles. The molecule has 0 radical (unpaired) electrons. The zero-order valence-electron chi connectivity index (χ0n) is 14.9. The van der Waals surface area contributed by atoms with E-state index in [1.165, 1.54) is 6.92 Å². The van der Waals surface area contributed by atoms with Crippen LogP contribution in [0.5, 0.6) is 0 Å². The molecule has 0 bridgehead atoms. The maximum absolute atomic E-state index is 11.6. The average molecular weight is 329 g/mol. The van der Waals surface area contributed by atoms with Crippen molar-refractivity contribution in [1.82, 2.24) is 4.90 Å². The zero-order chi connectivity index (χ0) is 17.4. The molecule has 1 saturated heterocycles. The number of hydrogen-bond donors (Lipinski definition) is 0. The Bertz CT molecular complexity index is 590. The summed E-state index contributed by atoms with van der Waals surface area (Å²) in [6, 6.07) is 9.82. The molecular weight excluding hydrogens is 302 g/mol. The van der Waals surface area contributed by atoms with E-state index in [4.69, 9.17) is 9.47 Å². The molecule has 1 aromatic rings. The van der Waals surface area contributed by atoms with Crippen LogP contribution in [0.4, 0.5) is 0 Å². The van der Waals surface area contributed by atoms with Crippen molar-refractivity contribution >= 4 is 5.97 Å². The van der Waals surface area contributed by atoms with Crippen molar-refractivity contribution in [2.45, 2.75) is 32.8 Å². The SMILES string of the molecule is CCOCCN1CC[C@](C#Cc2ccccc2)(OC(C)=O)[C@@H](C)C1. The summed E-state index contributed by atoms with van der Waals surface area (Å²) >= 11 is 0. The van der Waals surface area contributed by atoms with Gasteiger partial charge in [-0.2, -0.15) is 0 Å². The molecule has 1 aliphatic heterocycles. The fourth-order valence-corrected chi connectivity index (χ4v) is 3.06. The quantitative estimate of drug-likeness (QED) is 0.473. The van der Waals surface area contributed by atoms with E-state index in [1.54, 1.807) is 0 Å². The predicted molar refractivity (Wildman–Crippen MR) is 94.5 cm³/mol. The summed E-state index contributed by atoms with van der Waals surface area (Å²) < 4.78 is 11.2. The van der Waals surface area contributed by atoms with Crippen LogP contribution in [0.1, 0.15) is 32.8 Å². The highest BCUT2D eigenvalue weighted by molar-refractivity contribution is 5.67. The first kappa shape index (κ1) is 18.5. The van der Waals surface area contributed by atoms with Crippen LogP contribution in [0.3, 0.4) is 0 Å². The van der Waals surface area contributed by atoms with Crippen molar-refractivity contribution in [2.75, 3.05) is 32.8 Å². The molecule has 1 fully saturated rings. The first-order chi connectivity index (χ1) is 11.6. The average Bonchev–Trinajstić information content (AvgIpc) is 2.57. The van der Waals surface area contributed by atoms with Gasteiger partial charge < -0.3 is 14.4 Å². The first-order valence-corrected chi connectivity index (χ1v) is 8.63. The Hall–Kier alpha value is -1.83. The molecule has 0 unspecified atom stereocenters. The van der Waals surface area contributed by atoms with Gasteiger partial charge in [0.1, 0.15) is 0 Å². The summed E-state index contributed by atoms with van der Waals surface area (Å²) in [4.78, 5) is 14.0. The van der Waals surface area contributed by atoms with Gasteiger partial charge in [-0.3, -0.25) is 4.79 Å². The number of hydrogen-bond acceptors (Lipinski definition) is 4. The number of carbonyl (C=O) groups excluding carboxylic acids is 1. The normalized spacial score (nSPS) is 24.0. The molecule has 1 aromatic carbocycles. The number of esters is 1. The third-order valence-electron chi connectivity index (χ3n) is 4.40. The molecule has 0 aromatic heterocycles. The molecule has 1 aliphatic rings. The van der Waals surface area contributed by atoms with Crippen LogP contribution in [0.15, 0.2) is 30.3 Å². The smallest absolute Gasteiger partial charge is 0.304 e. The molecule has 4 nitrogen and oxygen atoms in total. The third-order valence-corrected chi connectivity index (χ3v) is 4.40. The fraction of sp³-hybridized carbons (Fsp3) is 0.550. The zero-order valence-corrected chi connectivity index (χ0v) is 14.9. The lowest BCUT2D eigenvalue weighted by molar-refractivity contribution is -0.160. The summed E-state index contributed by atoms with van der Waals surface area (Å²) in [5.41, 5.74) is 0.235. The minimum Gasteiger partial charge on any atom is -0.446 e. The van der Waals surface area contributed by atoms with Gasteiger partial charge >= 0.3 is 5.97 Å². The van der Waals surface area contributed by atoms with Crippen molar-refractivity contribution in [1.29, 1.82) is 0 Å². The highest BCUT2D eigenvalue weighted by Crippen LogP contribution is 2.31. The Morgan fingerprint density at radius 3 is 2.75 bits per heavy atom. The van der Waals surface area contributed by atoms with Gasteiger partial charge in [-0.25, -0.2) is 0 Å². The van der Waals surface area contributed by atoms with Gasteiger partial charge in [0.2, 0.25) is 0 Å². The first-order valence-electron chi connectivity index (χ1n) is 8.63. The molecule has 2 atom stereocenters. The number of piperidine rings is 1. The van der Waals surface area contributed by atoms with Crippen molar-refractivity contribution in [2.24, 2.45) is 5.92 Å². The van der Waals surface area contributed by atoms with Gasteiger partial charge in [0.05, 0.1) is 6.61 Å². The fourth-order valence-electron chi connectivity index (χ4n) is 3.06. The molecule has 0 saturated carbocycles. The van der Waals surface area contributed by atoms with Crippen LogP contribution in [-0.4, -0.2) is 49.3 Å².